The second kappa shape index (κ2) is 11.3. The smallest absolute Gasteiger partial charge is 0.273 e. The first-order valence-electron chi connectivity index (χ1n) is 10.8. The number of allylic oxidation sites excluding steroid dienone is 2. The highest BCUT2D eigenvalue weighted by Gasteiger charge is 2.38. The molecule has 182 valence electrons. The minimum Gasteiger partial charge on any atom is -0.398 e. The fraction of sp³-hybridized carbons (Fsp3) is 0.250. The molecule has 35 heavy (non-hydrogen) atoms. The van der Waals surface area contributed by atoms with Crippen molar-refractivity contribution in [3.63, 3.8) is 0 Å². The number of oxime groups is 2. The normalized spacial score (nSPS) is 17.4. The van der Waals surface area contributed by atoms with Gasteiger partial charge in [0.2, 0.25) is 0 Å². The van der Waals surface area contributed by atoms with Crippen molar-refractivity contribution in [1.29, 1.82) is 0 Å². The number of carbonyl (C=O) groups excluding carboxylic acids is 1. The van der Waals surface area contributed by atoms with E-state index in [1.54, 1.807) is 31.1 Å². The van der Waals surface area contributed by atoms with Crippen molar-refractivity contribution in [3.05, 3.63) is 75.3 Å². The number of hydrazone groups is 1. The van der Waals surface area contributed by atoms with Crippen LogP contribution in [0.1, 0.15) is 24.5 Å². The summed E-state index contributed by atoms with van der Waals surface area (Å²) in [5.41, 5.74) is 3.66. The molecule has 0 aliphatic carbocycles. The zero-order valence-corrected chi connectivity index (χ0v) is 21.1. The van der Waals surface area contributed by atoms with E-state index in [9.17, 15) is 4.79 Å². The molecule has 9 nitrogen and oxygen atoms in total. The van der Waals surface area contributed by atoms with E-state index >= 15 is 0 Å². The second-order valence-corrected chi connectivity index (χ2v) is 9.24. The van der Waals surface area contributed by atoms with Crippen molar-refractivity contribution in [2.45, 2.75) is 25.4 Å². The van der Waals surface area contributed by atoms with E-state index < -0.39 is 0 Å². The summed E-state index contributed by atoms with van der Waals surface area (Å²) >= 11 is 7.76. The number of anilines is 1. The third-order valence-electron chi connectivity index (χ3n) is 5.39. The average Bonchev–Trinajstić information content (AvgIpc) is 3.41. The summed E-state index contributed by atoms with van der Waals surface area (Å²) in [5.74, 6) is -0.350. The Hall–Kier alpha value is -3.50. The molecule has 11 heteroatoms. The number of halogens is 1. The molecule has 2 aliphatic heterocycles. The van der Waals surface area contributed by atoms with Crippen LogP contribution in [0.5, 0.6) is 0 Å². The van der Waals surface area contributed by atoms with E-state index in [0.29, 0.717) is 17.0 Å². The maximum Gasteiger partial charge on any atom is 0.273 e. The molecule has 2 aromatic carbocycles. The molecule has 1 unspecified atom stereocenters. The van der Waals surface area contributed by atoms with Crippen LogP contribution >= 0.6 is 23.4 Å². The minimum atomic E-state index is -0.350. The van der Waals surface area contributed by atoms with Gasteiger partial charge in [-0.05, 0) is 31.2 Å². The van der Waals surface area contributed by atoms with Gasteiger partial charge in [-0.15, -0.1) is 0 Å². The Kier molecular flexibility index (Phi) is 7.94. The number of hydrogen-bond acceptors (Lipinski definition) is 9. The monoisotopic (exact) mass is 512 g/mol. The molecule has 2 aromatic rings. The molecule has 1 atom stereocenters. The van der Waals surface area contributed by atoms with E-state index in [-0.39, 0.29) is 23.7 Å². The van der Waals surface area contributed by atoms with Crippen LogP contribution in [-0.2, 0) is 21.1 Å². The number of amides is 1. The molecule has 1 amide bonds. The van der Waals surface area contributed by atoms with Crippen molar-refractivity contribution in [2.75, 3.05) is 19.1 Å². The second-order valence-electron chi connectivity index (χ2n) is 7.53. The molecule has 0 radical (unpaired) electrons. The Labute approximate surface area is 213 Å². The summed E-state index contributed by atoms with van der Waals surface area (Å²) in [6.45, 7) is 2.25. The van der Waals surface area contributed by atoms with Crippen molar-refractivity contribution < 1.29 is 14.5 Å². The zero-order chi connectivity index (χ0) is 24.8. The predicted molar refractivity (Wildman–Crippen MR) is 140 cm³/mol. The fourth-order valence-electron chi connectivity index (χ4n) is 3.67. The third kappa shape index (κ3) is 5.44. The number of fused-ring (bicyclic) bond motifs is 1. The molecule has 0 saturated heterocycles. The standard InChI is InChI=1S/C24H25ClN6O3S/c1-16-21(31-24(35-16)30(15-27-31)19-10-8-18(25)9-11-19)12-13-28-34-14-17-6-4-5-7-20(17)22(29-33-3)23(32)26-2/h4-11,13,15,24H,12,14H2,1-3H3,(H,26,32)/b28-13?,29-22+. The first-order chi connectivity index (χ1) is 17.0. The van der Waals surface area contributed by atoms with Gasteiger partial charge in [-0.2, -0.15) is 5.10 Å². The Balaban J connectivity index is 1.36. The van der Waals surface area contributed by atoms with E-state index in [1.165, 1.54) is 12.0 Å². The van der Waals surface area contributed by atoms with Crippen LogP contribution in [0, 0.1) is 0 Å². The summed E-state index contributed by atoms with van der Waals surface area (Å²) in [6.07, 6.45) is 4.11. The Morgan fingerprint density at radius 3 is 2.77 bits per heavy atom. The lowest BCUT2D eigenvalue weighted by Gasteiger charge is -2.25. The van der Waals surface area contributed by atoms with E-state index in [4.69, 9.17) is 21.3 Å². The first kappa shape index (κ1) is 24.6. The maximum absolute atomic E-state index is 12.2. The molecule has 2 heterocycles. The van der Waals surface area contributed by atoms with Gasteiger partial charge in [-0.3, -0.25) is 9.69 Å². The summed E-state index contributed by atoms with van der Waals surface area (Å²) in [4.78, 5) is 25.9. The summed E-state index contributed by atoms with van der Waals surface area (Å²) in [6, 6.07) is 15.0. The third-order valence-corrected chi connectivity index (χ3v) is 6.87. The van der Waals surface area contributed by atoms with E-state index in [1.807, 2.05) is 53.8 Å². The molecule has 0 bridgehead atoms. The number of benzene rings is 2. The highest BCUT2D eigenvalue weighted by molar-refractivity contribution is 8.04. The molecular weight excluding hydrogens is 488 g/mol. The quantitative estimate of drug-likeness (QED) is 0.396. The number of likely N-dealkylation sites (N-methyl/N-ethyl adjacent to an activating group) is 1. The van der Waals surface area contributed by atoms with Gasteiger partial charge in [0.15, 0.2) is 11.2 Å². The summed E-state index contributed by atoms with van der Waals surface area (Å²) in [7, 11) is 2.94. The maximum atomic E-state index is 12.2. The highest BCUT2D eigenvalue weighted by Crippen LogP contribution is 2.44. The highest BCUT2D eigenvalue weighted by atomic mass is 35.5. The van der Waals surface area contributed by atoms with Crippen molar-refractivity contribution in [1.82, 2.24) is 10.3 Å². The van der Waals surface area contributed by atoms with Crippen molar-refractivity contribution in [3.8, 4) is 0 Å². The number of nitrogens with one attached hydrogen (secondary N) is 1. The van der Waals surface area contributed by atoms with Crippen LogP contribution in [-0.4, -0.2) is 48.8 Å². The molecule has 4 rings (SSSR count). The van der Waals surface area contributed by atoms with Gasteiger partial charge in [0, 0.05) is 46.4 Å². The molecule has 0 spiro atoms. The molecule has 0 fully saturated rings. The SMILES string of the molecule is CNC(=O)/C(=N/OC)c1ccccc1CON=CCC1=C(C)SC2N1N=CN2c1ccc(Cl)cc1. The number of hydrogen-bond donors (Lipinski definition) is 1. The van der Waals surface area contributed by atoms with E-state index in [0.717, 1.165) is 16.9 Å². The van der Waals surface area contributed by atoms with Crippen molar-refractivity contribution in [2.24, 2.45) is 15.4 Å². The van der Waals surface area contributed by atoms with Gasteiger partial charge in [0.25, 0.3) is 5.91 Å². The molecule has 0 saturated carbocycles. The van der Waals surface area contributed by atoms with Crippen molar-refractivity contribution >= 4 is 53.2 Å². The van der Waals surface area contributed by atoms with Gasteiger partial charge < -0.3 is 15.0 Å². The fourth-order valence-corrected chi connectivity index (χ4v) is 4.99. The van der Waals surface area contributed by atoms with Crippen LogP contribution in [0.4, 0.5) is 5.69 Å². The largest absolute Gasteiger partial charge is 0.398 e. The summed E-state index contributed by atoms with van der Waals surface area (Å²) in [5, 5.41) is 17.8. The number of thioether (sulfide) groups is 1. The molecule has 1 N–H and O–H groups in total. The Morgan fingerprint density at radius 2 is 2.03 bits per heavy atom. The predicted octanol–water partition coefficient (Wildman–Crippen LogP) is 4.36. The van der Waals surface area contributed by atoms with E-state index in [2.05, 4.69) is 32.6 Å². The van der Waals surface area contributed by atoms with Gasteiger partial charge in [-0.1, -0.05) is 57.9 Å². The number of carbonyl (C=O) groups is 1. The number of rotatable bonds is 9. The van der Waals surface area contributed by atoms with Crippen LogP contribution in [0.15, 0.2) is 74.5 Å². The topological polar surface area (TPSA) is 91.1 Å². The van der Waals surface area contributed by atoms with Gasteiger partial charge >= 0.3 is 0 Å². The Bertz CT molecular complexity index is 1200. The van der Waals surface area contributed by atoms with Crippen LogP contribution in [0.3, 0.4) is 0 Å². The van der Waals surface area contributed by atoms with Gasteiger partial charge in [-0.25, -0.2) is 5.01 Å². The van der Waals surface area contributed by atoms with Crippen LogP contribution in [0.25, 0.3) is 0 Å². The lowest BCUT2D eigenvalue weighted by molar-refractivity contribution is -0.114. The number of nitrogens with zero attached hydrogens (tertiary/aromatic N) is 5. The van der Waals surface area contributed by atoms with Crippen LogP contribution < -0.4 is 10.2 Å². The lowest BCUT2D eigenvalue weighted by atomic mass is 10.0. The average molecular weight is 513 g/mol. The first-order valence-corrected chi connectivity index (χ1v) is 12.1. The zero-order valence-electron chi connectivity index (χ0n) is 19.5. The van der Waals surface area contributed by atoms with Crippen LogP contribution in [0.2, 0.25) is 5.02 Å². The van der Waals surface area contributed by atoms with Gasteiger partial charge in [0.1, 0.15) is 20.1 Å². The Morgan fingerprint density at radius 1 is 1.26 bits per heavy atom. The molecular formula is C24H25ClN6O3S. The lowest BCUT2D eigenvalue weighted by Crippen LogP contribution is -2.33. The summed E-state index contributed by atoms with van der Waals surface area (Å²) < 4.78 is 0. The minimum absolute atomic E-state index is 0.0237. The molecule has 2 aliphatic rings. The molecule has 0 aromatic heterocycles. The van der Waals surface area contributed by atoms with Gasteiger partial charge in [0.05, 0.1) is 5.70 Å².